The van der Waals surface area contributed by atoms with E-state index >= 15 is 0 Å². The molecule has 1 aliphatic rings. The van der Waals surface area contributed by atoms with E-state index in [2.05, 4.69) is 21.2 Å². The maximum absolute atomic E-state index is 14.6. The summed E-state index contributed by atoms with van der Waals surface area (Å²) in [6, 6.07) is 30.7. The summed E-state index contributed by atoms with van der Waals surface area (Å²) < 4.78 is 30.1. The van der Waals surface area contributed by atoms with Crippen LogP contribution in [0.15, 0.2) is 119 Å². The van der Waals surface area contributed by atoms with Gasteiger partial charge in [-0.1, -0.05) is 114 Å². The monoisotopic (exact) mass is 721 g/mol. The quantitative estimate of drug-likeness (QED) is 0.165. The Balaban J connectivity index is 1.55. The molecule has 1 aliphatic carbocycles. The molecule has 4 aromatic carbocycles. The Kier molecular flexibility index (Phi) is 11.5. The maximum Gasteiger partial charge on any atom is 0.264 e. The SMILES string of the molecule is O=C(NC1CCCCC1)[C@@H](Cc1ccccc1)N(Cc1ccc(Br)cc1)C(=O)CN(c1cccc(Cl)c1)S(=O)(=O)c1ccccc1. The molecule has 1 saturated carbocycles. The molecular formula is C36H37BrClN3O4S. The largest absolute Gasteiger partial charge is 0.352 e. The Bertz CT molecular complexity index is 1720. The summed E-state index contributed by atoms with van der Waals surface area (Å²) >= 11 is 9.78. The highest BCUT2D eigenvalue weighted by molar-refractivity contribution is 9.10. The van der Waals surface area contributed by atoms with E-state index in [-0.39, 0.29) is 35.5 Å². The molecule has 0 saturated heterocycles. The van der Waals surface area contributed by atoms with E-state index in [4.69, 9.17) is 11.6 Å². The van der Waals surface area contributed by atoms with Crippen molar-refractivity contribution in [1.29, 1.82) is 0 Å². The molecule has 1 N–H and O–H groups in total. The number of carbonyl (C=O) groups excluding carboxylic acids is 2. The van der Waals surface area contributed by atoms with E-state index in [1.54, 1.807) is 36.4 Å². The fourth-order valence-corrected chi connectivity index (χ4v) is 7.64. The second-order valence-electron chi connectivity index (χ2n) is 11.5. The first-order valence-corrected chi connectivity index (χ1v) is 18.0. The number of benzene rings is 4. The van der Waals surface area contributed by atoms with Crippen LogP contribution in [0, 0.1) is 0 Å². The number of nitrogens with one attached hydrogen (secondary N) is 1. The summed E-state index contributed by atoms with van der Waals surface area (Å²) in [4.78, 5) is 30.3. The van der Waals surface area contributed by atoms with E-state index < -0.39 is 28.5 Å². The average Bonchev–Trinajstić information content (AvgIpc) is 3.07. The lowest BCUT2D eigenvalue weighted by molar-refractivity contribution is -0.140. The zero-order valence-corrected chi connectivity index (χ0v) is 28.6. The number of rotatable bonds is 12. The van der Waals surface area contributed by atoms with Gasteiger partial charge in [-0.3, -0.25) is 13.9 Å². The average molecular weight is 723 g/mol. The van der Waals surface area contributed by atoms with Gasteiger partial charge in [0.15, 0.2) is 0 Å². The van der Waals surface area contributed by atoms with Gasteiger partial charge in [0, 0.05) is 28.5 Å². The Labute approximate surface area is 284 Å². The van der Waals surface area contributed by atoms with Crippen molar-refractivity contribution >= 4 is 55.1 Å². The maximum atomic E-state index is 14.6. The lowest BCUT2D eigenvalue weighted by atomic mass is 9.94. The Hall–Kier alpha value is -3.66. The van der Waals surface area contributed by atoms with Gasteiger partial charge in [0.1, 0.15) is 12.6 Å². The molecular weight excluding hydrogens is 686 g/mol. The summed E-state index contributed by atoms with van der Waals surface area (Å²) in [7, 11) is -4.19. The third-order valence-electron chi connectivity index (χ3n) is 8.20. The van der Waals surface area contributed by atoms with Gasteiger partial charge in [-0.05, 0) is 66.4 Å². The number of hydrogen-bond acceptors (Lipinski definition) is 4. The van der Waals surface area contributed by atoms with Crippen LogP contribution in [0.5, 0.6) is 0 Å². The normalized spacial score (nSPS) is 14.3. The van der Waals surface area contributed by atoms with Gasteiger partial charge in [-0.15, -0.1) is 0 Å². The summed E-state index contributed by atoms with van der Waals surface area (Å²) in [6.45, 7) is -0.424. The van der Waals surface area contributed by atoms with Crippen molar-refractivity contribution in [3.05, 3.63) is 130 Å². The number of anilines is 1. The van der Waals surface area contributed by atoms with E-state index in [0.29, 0.717) is 5.02 Å². The number of halogens is 2. The van der Waals surface area contributed by atoms with Crippen LogP contribution in [0.3, 0.4) is 0 Å². The molecule has 2 amide bonds. The number of hydrogen-bond donors (Lipinski definition) is 1. The Morgan fingerprint density at radius 1 is 0.826 bits per heavy atom. The van der Waals surface area contributed by atoms with Crippen molar-refractivity contribution in [3.63, 3.8) is 0 Å². The van der Waals surface area contributed by atoms with E-state index in [1.807, 2.05) is 54.6 Å². The molecule has 1 atom stereocenters. The minimum absolute atomic E-state index is 0.0329. The van der Waals surface area contributed by atoms with Crippen molar-refractivity contribution in [1.82, 2.24) is 10.2 Å². The van der Waals surface area contributed by atoms with E-state index in [0.717, 1.165) is 52.0 Å². The molecule has 0 radical (unpaired) electrons. The topological polar surface area (TPSA) is 86.8 Å². The third kappa shape index (κ3) is 8.78. The number of sulfonamides is 1. The van der Waals surface area contributed by atoms with E-state index in [9.17, 15) is 18.0 Å². The summed E-state index contributed by atoms with van der Waals surface area (Å²) in [5.41, 5.74) is 1.95. The molecule has 46 heavy (non-hydrogen) atoms. The van der Waals surface area contributed by atoms with Crippen LogP contribution in [0.2, 0.25) is 5.02 Å². The van der Waals surface area contributed by atoms with E-state index in [1.165, 1.54) is 23.1 Å². The van der Waals surface area contributed by atoms with Gasteiger partial charge < -0.3 is 10.2 Å². The lowest BCUT2D eigenvalue weighted by Crippen LogP contribution is -2.55. The van der Waals surface area contributed by atoms with Crippen molar-refractivity contribution in [2.75, 3.05) is 10.8 Å². The molecule has 10 heteroatoms. The first-order chi connectivity index (χ1) is 22.2. The van der Waals surface area contributed by atoms with Crippen LogP contribution in [-0.2, 0) is 32.6 Å². The molecule has 4 aromatic rings. The van der Waals surface area contributed by atoms with Gasteiger partial charge in [-0.2, -0.15) is 0 Å². The number of amides is 2. The van der Waals surface area contributed by atoms with Crippen LogP contribution in [0.4, 0.5) is 5.69 Å². The van der Waals surface area contributed by atoms with Gasteiger partial charge >= 0.3 is 0 Å². The number of nitrogens with zero attached hydrogens (tertiary/aromatic N) is 2. The molecule has 0 aliphatic heterocycles. The highest BCUT2D eigenvalue weighted by Gasteiger charge is 2.35. The molecule has 240 valence electrons. The highest BCUT2D eigenvalue weighted by Crippen LogP contribution is 2.27. The zero-order chi connectivity index (χ0) is 32.5. The second-order valence-corrected chi connectivity index (χ2v) is 14.7. The third-order valence-corrected chi connectivity index (χ3v) is 10.7. The molecule has 0 heterocycles. The van der Waals surface area contributed by atoms with Crippen LogP contribution in [0.1, 0.15) is 43.2 Å². The van der Waals surface area contributed by atoms with Crippen molar-refractivity contribution in [2.45, 2.75) is 62.0 Å². The lowest BCUT2D eigenvalue weighted by Gasteiger charge is -2.35. The molecule has 0 bridgehead atoms. The van der Waals surface area contributed by atoms with Crippen LogP contribution in [-0.4, -0.2) is 43.8 Å². The van der Waals surface area contributed by atoms with Crippen LogP contribution < -0.4 is 9.62 Å². The minimum Gasteiger partial charge on any atom is -0.352 e. The first-order valence-electron chi connectivity index (χ1n) is 15.4. The Morgan fingerprint density at radius 2 is 1.48 bits per heavy atom. The van der Waals surface area contributed by atoms with Crippen molar-refractivity contribution in [3.8, 4) is 0 Å². The van der Waals surface area contributed by atoms with Crippen molar-refractivity contribution in [2.24, 2.45) is 0 Å². The first kappa shape index (κ1) is 33.7. The van der Waals surface area contributed by atoms with Crippen LogP contribution in [0.25, 0.3) is 0 Å². The predicted molar refractivity (Wildman–Crippen MR) is 186 cm³/mol. The molecule has 0 aromatic heterocycles. The fraction of sp³-hybridized carbons (Fsp3) is 0.278. The Morgan fingerprint density at radius 3 is 2.13 bits per heavy atom. The van der Waals surface area contributed by atoms with Gasteiger partial charge in [0.25, 0.3) is 10.0 Å². The zero-order valence-electron chi connectivity index (χ0n) is 25.4. The highest BCUT2D eigenvalue weighted by atomic mass is 79.9. The smallest absolute Gasteiger partial charge is 0.264 e. The van der Waals surface area contributed by atoms with Gasteiger partial charge in [0.05, 0.1) is 10.6 Å². The standard InChI is InChI=1S/C36H37BrClN3O4S/c37-29-21-19-28(20-22-29)25-40(34(23-27-11-4-1-5-12-27)36(43)39-31-14-6-2-7-15-31)35(42)26-41(32-16-10-13-30(38)24-32)46(44,45)33-17-8-3-9-18-33/h1,3-5,8-13,16-22,24,31,34H,2,6-7,14-15,23,25-26H2,(H,39,43)/t34-/m1/s1. The predicted octanol–water partition coefficient (Wildman–Crippen LogP) is 7.39. The van der Waals surface area contributed by atoms with Crippen LogP contribution >= 0.6 is 27.5 Å². The second kappa shape index (κ2) is 15.8. The minimum atomic E-state index is -4.19. The molecule has 5 rings (SSSR count). The summed E-state index contributed by atoms with van der Waals surface area (Å²) in [6.07, 6.45) is 5.28. The fourth-order valence-electron chi connectivity index (χ4n) is 5.76. The number of carbonyl (C=O) groups is 2. The van der Waals surface area contributed by atoms with Crippen molar-refractivity contribution < 1.29 is 18.0 Å². The van der Waals surface area contributed by atoms with Gasteiger partial charge in [0.2, 0.25) is 11.8 Å². The molecule has 0 unspecified atom stereocenters. The summed E-state index contributed by atoms with van der Waals surface area (Å²) in [5, 5.41) is 3.56. The summed E-state index contributed by atoms with van der Waals surface area (Å²) in [5.74, 6) is -0.761. The van der Waals surface area contributed by atoms with Gasteiger partial charge in [-0.25, -0.2) is 8.42 Å². The molecule has 7 nitrogen and oxygen atoms in total. The molecule has 0 spiro atoms. The molecule has 1 fully saturated rings.